The third-order valence-corrected chi connectivity index (χ3v) is 4.53. The Hall–Kier alpha value is -2.55. The van der Waals surface area contributed by atoms with Crippen LogP contribution >= 0.6 is 0 Å². The SMILES string of the molecule is CCN(CC)c1cc(-c2ccccc2)ccc1C(=O)B1C=CC=C1. The normalized spacial score (nSPS) is 12.7. The zero-order valence-corrected chi connectivity index (χ0v) is 14.3. The molecule has 0 fully saturated rings. The van der Waals surface area contributed by atoms with E-state index < -0.39 is 0 Å². The summed E-state index contributed by atoms with van der Waals surface area (Å²) in [5.41, 5.74) is 4.32. The highest BCUT2D eigenvalue weighted by Gasteiger charge is 2.24. The van der Waals surface area contributed by atoms with Crippen LogP contribution in [0.5, 0.6) is 0 Å². The van der Waals surface area contributed by atoms with Crippen LogP contribution in [-0.4, -0.2) is 25.5 Å². The third-order valence-electron chi connectivity index (χ3n) is 4.53. The molecular weight excluding hydrogens is 293 g/mol. The Kier molecular flexibility index (Phi) is 5.00. The maximum atomic E-state index is 12.9. The van der Waals surface area contributed by atoms with Crippen molar-refractivity contribution in [1.29, 1.82) is 0 Å². The molecule has 1 heterocycles. The van der Waals surface area contributed by atoms with Crippen LogP contribution in [0.3, 0.4) is 0 Å². The first kappa shape index (κ1) is 16.3. The molecule has 0 amide bonds. The number of benzene rings is 2. The van der Waals surface area contributed by atoms with Gasteiger partial charge in [-0.2, -0.15) is 0 Å². The highest BCUT2D eigenvalue weighted by atomic mass is 16.1. The summed E-state index contributed by atoms with van der Waals surface area (Å²) in [6.45, 7) is 5.88. The van der Waals surface area contributed by atoms with Crippen molar-refractivity contribution in [3.05, 3.63) is 78.2 Å². The van der Waals surface area contributed by atoms with Gasteiger partial charge in [-0.3, -0.25) is 0 Å². The van der Waals surface area contributed by atoms with Gasteiger partial charge in [-0.1, -0.05) is 48.6 Å². The van der Waals surface area contributed by atoms with E-state index in [0.717, 1.165) is 29.9 Å². The van der Waals surface area contributed by atoms with Crippen LogP contribution in [0, 0.1) is 0 Å². The van der Waals surface area contributed by atoms with E-state index in [0.29, 0.717) is 0 Å². The van der Waals surface area contributed by atoms with Gasteiger partial charge in [0.05, 0.1) is 0 Å². The molecule has 0 saturated carbocycles. The molecular formula is C21H22BNO. The van der Waals surface area contributed by atoms with E-state index in [1.165, 1.54) is 5.56 Å². The van der Waals surface area contributed by atoms with Gasteiger partial charge in [0, 0.05) is 24.3 Å². The molecule has 0 aliphatic carbocycles. The standard InChI is InChI=1S/C21H22BNO/c1-3-23(4-2)20-16-18(17-10-6-5-7-11-17)12-13-19(20)21(24)22-14-8-9-15-22/h5-16H,3-4H2,1-2H3. The van der Waals surface area contributed by atoms with Gasteiger partial charge in [0.2, 0.25) is 0 Å². The van der Waals surface area contributed by atoms with Crippen LogP contribution in [0.15, 0.2) is 72.6 Å². The van der Waals surface area contributed by atoms with E-state index in [1.807, 2.05) is 48.4 Å². The fourth-order valence-corrected chi connectivity index (χ4v) is 3.16. The first-order valence-electron chi connectivity index (χ1n) is 8.58. The fraction of sp³-hybridized carbons (Fsp3) is 0.190. The average Bonchev–Trinajstić information content (AvgIpc) is 3.17. The molecule has 1 aliphatic heterocycles. The minimum absolute atomic E-state index is 0.137. The predicted octanol–water partition coefficient (Wildman–Crippen LogP) is 4.62. The van der Waals surface area contributed by atoms with Crippen molar-refractivity contribution in [1.82, 2.24) is 0 Å². The molecule has 0 radical (unpaired) electrons. The summed E-state index contributed by atoms with van der Waals surface area (Å²) < 4.78 is 0. The van der Waals surface area contributed by atoms with E-state index in [4.69, 9.17) is 0 Å². The van der Waals surface area contributed by atoms with Crippen molar-refractivity contribution in [3.63, 3.8) is 0 Å². The summed E-state index contributed by atoms with van der Waals surface area (Å²) >= 11 is 0. The molecule has 0 bridgehead atoms. The molecule has 120 valence electrons. The number of hydrogen-bond acceptors (Lipinski definition) is 2. The maximum Gasteiger partial charge on any atom is 0.280 e. The number of carbonyl (C=O) groups is 1. The topological polar surface area (TPSA) is 20.3 Å². The van der Waals surface area contributed by atoms with Gasteiger partial charge in [0.1, 0.15) is 5.68 Å². The van der Waals surface area contributed by atoms with Crippen molar-refractivity contribution in [2.75, 3.05) is 18.0 Å². The molecule has 3 heteroatoms. The monoisotopic (exact) mass is 315 g/mol. The predicted molar refractivity (Wildman–Crippen MR) is 104 cm³/mol. The highest BCUT2D eigenvalue weighted by Crippen LogP contribution is 2.29. The lowest BCUT2D eigenvalue weighted by Crippen LogP contribution is -2.28. The van der Waals surface area contributed by atoms with Crippen molar-refractivity contribution in [2.45, 2.75) is 13.8 Å². The van der Waals surface area contributed by atoms with Crippen molar-refractivity contribution in [3.8, 4) is 11.1 Å². The van der Waals surface area contributed by atoms with Gasteiger partial charge in [-0.05, 0) is 37.1 Å². The minimum atomic E-state index is -0.137. The van der Waals surface area contributed by atoms with E-state index in [1.54, 1.807) is 0 Å². The van der Waals surface area contributed by atoms with Crippen molar-refractivity contribution >= 4 is 18.1 Å². The molecule has 0 unspecified atom stereocenters. The van der Waals surface area contributed by atoms with Crippen LogP contribution in [0.25, 0.3) is 11.1 Å². The number of hydrogen-bond donors (Lipinski definition) is 0. The smallest absolute Gasteiger partial charge is 0.280 e. The Morgan fingerprint density at radius 3 is 2.21 bits per heavy atom. The minimum Gasteiger partial charge on any atom is -0.372 e. The van der Waals surface area contributed by atoms with Crippen molar-refractivity contribution in [2.24, 2.45) is 0 Å². The number of nitrogens with zero attached hydrogens (tertiary/aromatic N) is 1. The Morgan fingerprint density at radius 2 is 1.58 bits per heavy atom. The second-order valence-electron chi connectivity index (χ2n) is 5.93. The Balaban J connectivity index is 2.06. The van der Waals surface area contributed by atoms with Gasteiger partial charge >= 0.3 is 0 Å². The van der Waals surface area contributed by atoms with Crippen LogP contribution in [0.1, 0.15) is 24.2 Å². The lowest BCUT2D eigenvalue weighted by Gasteiger charge is -2.25. The zero-order valence-electron chi connectivity index (χ0n) is 14.3. The van der Waals surface area contributed by atoms with Crippen LogP contribution < -0.4 is 4.90 Å². The largest absolute Gasteiger partial charge is 0.372 e. The maximum absolute atomic E-state index is 12.9. The average molecular weight is 315 g/mol. The molecule has 1 aliphatic rings. The molecule has 0 N–H and O–H groups in total. The van der Waals surface area contributed by atoms with Crippen molar-refractivity contribution < 1.29 is 4.79 Å². The van der Waals surface area contributed by atoms with Crippen LogP contribution in [-0.2, 0) is 0 Å². The molecule has 2 aromatic rings. The Labute approximate surface area is 144 Å². The molecule has 0 saturated heterocycles. The van der Waals surface area contributed by atoms with E-state index >= 15 is 0 Å². The second-order valence-corrected chi connectivity index (χ2v) is 5.93. The summed E-state index contributed by atoms with van der Waals surface area (Å²) in [5.74, 6) is 3.92. The van der Waals surface area contributed by atoms with Crippen LogP contribution in [0.4, 0.5) is 5.69 Å². The van der Waals surface area contributed by atoms with Gasteiger partial charge in [0.15, 0.2) is 0 Å². The summed E-state index contributed by atoms with van der Waals surface area (Å²) in [4.78, 5) is 15.2. The molecule has 2 nitrogen and oxygen atoms in total. The van der Waals surface area contributed by atoms with E-state index in [9.17, 15) is 4.79 Å². The quantitative estimate of drug-likeness (QED) is 0.725. The molecule has 0 spiro atoms. The number of rotatable bonds is 6. The van der Waals surface area contributed by atoms with Gasteiger partial charge in [-0.15, -0.1) is 12.0 Å². The highest BCUT2D eigenvalue weighted by molar-refractivity contribution is 7.00. The summed E-state index contributed by atoms with van der Waals surface area (Å²) in [5, 5.41) is 0. The summed E-state index contributed by atoms with van der Waals surface area (Å²) in [6, 6.07) is 16.5. The zero-order chi connectivity index (χ0) is 16.9. The third kappa shape index (κ3) is 3.21. The number of anilines is 1. The summed E-state index contributed by atoms with van der Waals surface area (Å²) in [6.07, 6.45) is 3.88. The summed E-state index contributed by atoms with van der Waals surface area (Å²) in [7, 11) is 0. The molecule has 0 aromatic heterocycles. The van der Waals surface area contributed by atoms with Gasteiger partial charge < -0.3 is 9.69 Å². The molecule has 24 heavy (non-hydrogen) atoms. The molecule has 3 rings (SSSR count). The Morgan fingerprint density at radius 1 is 0.917 bits per heavy atom. The second kappa shape index (κ2) is 7.35. The molecule has 0 atom stereocenters. The van der Waals surface area contributed by atoms with Crippen LogP contribution in [0.2, 0.25) is 0 Å². The van der Waals surface area contributed by atoms with E-state index in [-0.39, 0.29) is 12.4 Å². The number of allylic oxidation sites excluding steroid dienone is 2. The number of carbonyl (C=O) groups excluding carboxylic acids is 1. The lowest BCUT2D eigenvalue weighted by molar-refractivity contribution is 0.107. The van der Waals surface area contributed by atoms with Gasteiger partial charge in [0.25, 0.3) is 6.71 Å². The lowest BCUT2D eigenvalue weighted by atomic mass is 9.47. The first-order valence-corrected chi connectivity index (χ1v) is 8.58. The van der Waals surface area contributed by atoms with Gasteiger partial charge in [-0.25, -0.2) is 0 Å². The molecule has 2 aromatic carbocycles. The fourth-order valence-electron chi connectivity index (χ4n) is 3.16. The Bertz CT molecular complexity index is 764. The first-order chi connectivity index (χ1) is 11.7. The van der Waals surface area contributed by atoms with E-state index in [2.05, 4.69) is 43.0 Å².